The third kappa shape index (κ3) is 3.13. The molecule has 110 valence electrons. The highest BCUT2D eigenvalue weighted by molar-refractivity contribution is 5.92. The highest BCUT2D eigenvalue weighted by Crippen LogP contribution is 2.24. The molecule has 1 saturated carbocycles. The Kier molecular flexibility index (Phi) is 5.03. The number of amides is 1. The molecule has 1 aromatic rings. The van der Waals surface area contributed by atoms with Gasteiger partial charge in [-0.15, -0.1) is 0 Å². The Morgan fingerprint density at radius 2 is 2.20 bits per heavy atom. The number of carbonyl (C=O) groups excluding carboxylic acids is 1. The van der Waals surface area contributed by atoms with Crippen LogP contribution in [0, 0.1) is 0 Å². The first-order chi connectivity index (χ1) is 9.65. The van der Waals surface area contributed by atoms with Crippen LogP contribution in [0.2, 0.25) is 0 Å². The zero-order valence-electron chi connectivity index (χ0n) is 11.9. The maximum atomic E-state index is 12.4. The summed E-state index contributed by atoms with van der Waals surface area (Å²) in [5, 5.41) is 10.4. The minimum Gasteiger partial charge on any atom is -0.388 e. The Labute approximate surface area is 118 Å². The molecular formula is C14H21N3O3. The van der Waals surface area contributed by atoms with Crippen molar-refractivity contribution in [2.75, 3.05) is 14.2 Å². The second-order valence-electron chi connectivity index (χ2n) is 5.13. The Hall–Kier alpha value is -1.53. The lowest BCUT2D eigenvalue weighted by Gasteiger charge is -2.33. The summed E-state index contributed by atoms with van der Waals surface area (Å²) in [6.45, 7) is 0. The molecule has 0 aliphatic heterocycles. The van der Waals surface area contributed by atoms with Crippen molar-refractivity contribution in [3.8, 4) is 0 Å². The molecule has 6 heteroatoms. The number of aliphatic hydroxyl groups is 1. The Morgan fingerprint density at radius 1 is 1.45 bits per heavy atom. The van der Waals surface area contributed by atoms with Crippen LogP contribution in [-0.4, -0.2) is 58.3 Å². The lowest BCUT2D eigenvalue weighted by Crippen LogP contribution is -2.49. The summed E-state index contributed by atoms with van der Waals surface area (Å²) in [6.07, 6.45) is 5.57. The van der Waals surface area contributed by atoms with Gasteiger partial charge in [0.15, 0.2) is 0 Å². The van der Waals surface area contributed by atoms with Gasteiger partial charge in [0.05, 0.1) is 12.1 Å². The molecule has 0 radical (unpaired) electrons. The summed E-state index contributed by atoms with van der Waals surface area (Å²) >= 11 is 0. The van der Waals surface area contributed by atoms with Crippen molar-refractivity contribution < 1.29 is 14.6 Å². The molecule has 1 aliphatic rings. The molecule has 1 fully saturated rings. The molecular weight excluding hydrogens is 258 g/mol. The molecule has 1 heterocycles. The lowest BCUT2D eigenvalue weighted by atomic mass is 10.0. The van der Waals surface area contributed by atoms with E-state index in [9.17, 15) is 9.90 Å². The van der Waals surface area contributed by atoms with Gasteiger partial charge in [-0.25, -0.2) is 9.97 Å². The standard InChI is InChI=1S/C14H21N3O3/c1-17(14(19)10-7-8-15-9-16-10)11-5-3-4-6-12(20-2)13(11)18/h7-9,11-13,18H,3-6H2,1-2H3/t11-,12-,13-/m1/s1. The second-order valence-corrected chi connectivity index (χ2v) is 5.13. The molecule has 2 rings (SSSR count). The fraction of sp³-hybridized carbons (Fsp3) is 0.643. The molecule has 0 unspecified atom stereocenters. The third-order valence-electron chi connectivity index (χ3n) is 3.94. The monoisotopic (exact) mass is 279 g/mol. The molecule has 0 spiro atoms. The summed E-state index contributed by atoms with van der Waals surface area (Å²) < 4.78 is 5.34. The number of nitrogens with zero attached hydrogens (tertiary/aromatic N) is 3. The van der Waals surface area contributed by atoms with Gasteiger partial charge >= 0.3 is 0 Å². The summed E-state index contributed by atoms with van der Waals surface area (Å²) in [5.74, 6) is -0.201. The van der Waals surface area contributed by atoms with E-state index in [-0.39, 0.29) is 18.1 Å². The van der Waals surface area contributed by atoms with Gasteiger partial charge in [-0.3, -0.25) is 4.79 Å². The second kappa shape index (κ2) is 6.76. The maximum Gasteiger partial charge on any atom is 0.272 e. The van der Waals surface area contributed by atoms with Crippen molar-refractivity contribution in [3.05, 3.63) is 24.3 Å². The number of carbonyl (C=O) groups is 1. The van der Waals surface area contributed by atoms with Crippen LogP contribution in [0.5, 0.6) is 0 Å². The zero-order chi connectivity index (χ0) is 14.5. The van der Waals surface area contributed by atoms with Crippen molar-refractivity contribution >= 4 is 5.91 Å². The molecule has 3 atom stereocenters. The normalized spacial score (nSPS) is 26.9. The van der Waals surface area contributed by atoms with Crippen LogP contribution in [0.3, 0.4) is 0 Å². The topological polar surface area (TPSA) is 75.5 Å². The number of rotatable bonds is 3. The minimum atomic E-state index is -0.668. The van der Waals surface area contributed by atoms with E-state index in [0.29, 0.717) is 5.69 Å². The number of hydrogen-bond donors (Lipinski definition) is 1. The van der Waals surface area contributed by atoms with E-state index in [2.05, 4.69) is 9.97 Å². The van der Waals surface area contributed by atoms with Gasteiger partial charge in [-0.05, 0) is 18.9 Å². The maximum absolute atomic E-state index is 12.4. The molecule has 1 aromatic heterocycles. The third-order valence-corrected chi connectivity index (χ3v) is 3.94. The lowest BCUT2D eigenvalue weighted by molar-refractivity contribution is -0.0463. The van der Waals surface area contributed by atoms with Gasteiger partial charge < -0.3 is 14.7 Å². The first-order valence-corrected chi connectivity index (χ1v) is 6.89. The number of aliphatic hydroxyl groups excluding tert-OH is 1. The molecule has 0 aromatic carbocycles. The molecule has 0 bridgehead atoms. The summed E-state index contributed by atoms with van der Waals surface area (Å²) in [6, 6.07) is 1.33. The average Bonchev–Trinajstić information content (AvgIpc) is 2.68. The van der Waals surface area contributed by atoms with E-state index in [1.807, 2.05) is 0 Å². The van der Waals surface area contributed by atoms with Crippen LogP contribution < -0.4 is 0 Å². The van der Waals surface area contributed by atoms with E-state index < -0.39 is 6.10 Å². The zero-order valence-corrected chi connectivity index (χ0v) is 11.9. The molecule has 1 N–H and O–H groups in total. The Bertz CT molecular complexity index is 441. The highest BCUT2D eigenvalue weighted by Gasteiger charge is 2.35. The molecule has 0 saturated heterocycles. The van der Waals surface area contributed by atoms with Gasteiger partial charge in [-0.1, -0.05) is 12.8 Å². The van der Waals surface area contributed by atoms with Crippen molar-refractivity contribution in [2.45, 2.75) is 43.9 Å². The van der Waals surface area contributed by atoms with Crippen molar-refractivity contribution in [1.29, 1.82) is 0 Å². The van der Waals surface area contributed by atoms with Crippen LogP contribution in [-0.2, 0) is 4.74 Å². The highest BCUT2D eigenvalue weighted by atomic mass is 16.5. The quantitative estimate of drug-likeness (QED) is 0.831. The van der Waals surface area contributed by atoms with Gasteiger partial charge in [-0.2, -0.15) is 0 Å². The molecule has 1 amide bonds. The number of methoxy groups -OCH3 is 1. The van der Waals surface area contributed by atoms with Crippen molar-refractivity contribution in [2.24, 2.45) is 0 Å². The summed E-state index contributed by atoms with van der Waals surface area (Å²) in [5.41, 5.74) is 0.341. The van der Waals surface area contributed by atoms with E-state index in [1.165, 1.54) is 12.5 Å². The Morgan fingerprint density at radius 3 is 2.85 bits per heavy atom. The largest absolute Gasteiger partial charge is 0.388 e. The van der Waals surface area contributed by atoms with Crippen molar-refractivity contribution in [3.63, 3.8) is 0 Å². The minimum absolute atomic E-state index is 0.201. The van der Waals surface area contributed by atoms with E-state index in [0.717, 1.165) is 25.7 Å². The van der Waals surface area contributed by atoms with Gasteiger partial charge in [0.25, 0.3) is 5.91 Å². The van der Waals surface area contributed by atoms with E-state index in [1.54, 1.807) is 25.1 Å². The van der Waals surface area contributed by atoms with Crippen molar-refractivity contribution in [1.82, 2.24) is 14.9 Å². The van der Waals surface area contributed by atoms with Gasteiger partial charge in [0.1, 0.15) is 18.1 Å². The van der Waals surface area contributed by atoms with Crippen LogP contribution in [0.25, 0.3) is 0 Å². The number of aromatic nitrogens is 2. The number of hydrogen-bond acceptors (Lipinski definition) is 5. The van der Waals surface area contributed by atoms with Gasteiger partial charge in [0.2, 0.25) is 0 Å². The van der Waals surface area contributed by atoms with E-state index >= 15 is 0 Å². The van der Waals surface area contributed by atoms with Crippen LogP contribution in [0.1, 0.15) is 36.2 Å². The van der Waals surface area contributed by atoms with Crippen LogP contribution in [0.4, 0.5) is 0 Å². The Balaban J connectivity index is 2.14. The van der Waals surface area contributed by atoms with E-state index in [4.69, 9.17) is 4.74 Å². The fourth-order valence-electron chi connectivity index (χ4n) is 2.72. The fourth-order valence-corrected chi connectivity index (χ4v) is 2.72. The molecule has 1 aliphatic carbocycles. The first kappa shape index (κ1) is 14.9. The first-order valence-electron chi connectivity index (χ1n) is 6.89. The SMILES string of the molecule is CO[C@@H]1CCCC[C@@H](N(C)C(=O)c2ccncn2)[C@H]1O. The predicted octanol–water partition coefficient (Wildman–Crippen LogP) is 0.867. The number of likely N-dealkylation sites (N-methyl/N-ethyl adjacent to an activating group) is 1. The summed E-state index contributed by atoms with van der Waals surface area (Å²) in [4.78, 5) is 21.7. The number of ether oxygens (including phenoxy) is 1. The average molecular weight is 279 g/mol. The smallest absolute Gasteiger partial charge is 0.272 e. The molecule has 6 nitrogen and oxygen atoms in total. The van der Waals surface area contributed by atoms with Crippen LogP contribution in [0.15, 0.2) is 18.6 Å². The predicted molar refractivity (Wildman–Crippen MR) is 73.2 cm³/mol. The summed E-state index contributed by atoms with van der Waals surface area (Å²) in [7, 11) is 3.30. The van der Waals surface area contributed by atoms with Crippen LogP contribution >= 0.6 is 0 Å². The van der Waals surface area contributed by atoms with Gasteiger partial charge in [0, 0.05) is 20.4 Å². The molecule has 20 heavy (non-hydrogen) atoms.